The molecular formula is C19H19Cl2N3O2. The van der Waals surface area contributed by atoms with Crippen LogP contribution in [0.2, 0.25) is 10.0 Å². The van der Waals surface area contributed by atoms with Crippen LogP contribution in [0.25, 0.3) is 0 Å². The van der Waals surface area contributed by atoms with E-state index < -0.39 is 5.60 Å². The summed E-state index contributed by atoms with van der Waals surface area (Å²) in [5.41, 5.74) is -0.652. The van der Waals surface area contributed by atoms with Gasteiger partial charge in [-0.2, -0.15) is 5.10 Å². The fourth-order valence-electron chi connectivity index (χ4n) is 2.68. The van der Waals surface area contributed by atoms with E-state index in [1.807, 2.05) is 13.8 Å². The number of aromatic nitrogens is 3. The molecule has 3 aromatic rings. The number of hydrogen-bond donors (Lipinski definition) is 1. The molecule has 136 valence electrons. The summed E-state index contributed by atoms with van der Waals surface area (Å²) in [6.45, 7) is 4.09. The summed E-state index contributed by atoms with van der Waals surface area (Å²) in [7, 11) is 0. The van der Waals surface area contributed by atoms with Crippen molar-refractivity contribution in [3.8, 4) is 11.5 Å². The average molecular weight is 392 g/mol. The second kappa shape index (κ2) is 7.66. The lowest BCUT2D eigenvalue weighted by Crippen LogP contribution is -2.37. The van der Waals surface area contributed by atoms with Gasteiger partial charge in [-0.05, 0) is 48.4 Å². The maximum atomic E-state index is 11.4. The van der Waals surface area contributed by atoms with Crippen LogP contribution in [0.15, 0.2) is 55.1 Å². The molecule has 0 saturated heterocycles. The fraction of sp³-hybridized carbons (Fsp3) is 0.263. The van der Waals surface area contributed by atoms with Crippen LogP contribution < -0.4 is 4.74 Å². The zero-order valence-corrected chi connectivity index (χ0v) is 15.9. The van der Waals surface area contributed by atoms with Gasteiger partial charge in [-0.25, -0.2) is 9.67 Å². The van der Waals surface area contributed by atoms with Gasteiger partial charge in [0.1, 0.15) is 29.8 Å². The number of hydrogen-bond acceptors (Lipinski definition) is 4. The lowest BCUT2D eigenvalue weighted by Gasteiger charge is -2.33. The van der Waals surface area contributed by atoms with Crippen molar-refractivity contribution in [2.75, 3.05) is 0 Å². The van der Waals surface area contributed by atoms with E-state index in [0.717, 1.165) is 0 Å². The van der Waals surface area contributed by atoms with Gasteiger partial charge in [0.05, 0.1) is 6.54 Å². The Bertz CT molecular complexity index is 867. The summed E-state index contributed by atoms with van der Waals surface area (Å²) < 4.78 is 7.46. The Kier molecular flexibility index (Phi) is 5.51. The van der Waals surface area contributed by atoms with E-state index in [1.54, 1.807) is 53.5 Å². The lowest BCUT2D eigenvalue weighted by atomic mass is 9.83. The minimum Gasteiger partial charge on any atom is -0.457 e. The van der Waals surface area contributed by atoms with Crippen LogP contribution >= 0.6 is 23.2 Å². The first-order valence-electron chi connectivity index (χ1n) is 8.17. The standard InChI is InChI=1S/C19H19Cl2N3O2/c1-13(2)19(25,10-24-12-22-11-23-24)17-9-16(7-8-18(17)21)26-15-5-3-14(20)4-6-15/h3-9,11-13,25H,10H2,1-2H3. The van der Waals surface area contributed by atoms with Crippen molar-refractivity contribution >= 4 is 23.2 Å². The largest absolute Gasteiger partial charge is 0.457 e. The Morgan fingerprint density at radius 2 is 1.81 bits per heavy atom. The molecular weight excluding hydrogens is 373 g/mol. The number of nitrogens with zero attached hydrogens (tertiary/aromatic N) is 3. The summed E-state index contributed by atoms with van der Waals surface area (Å²) in [5.74, 6) is 1.10. The molecule has 0 radical (unpaired) electrons. The van der Waals surface area contributed by atoms with Gasteiger partial charge in [-0.15, -0.1) is 0 Å². The molecule has 0 amide bonds. The van der Waals surface area contributed by atoms with Gasteiger partial charge in [0.25, 0.3) is 0 Å². The SMILES string of the molecule is CC(C)C(O)(Cn1cncn1)c1cc(Oc2ccc(Cl)cc2)ccc1Cl. The molecule has 1 atom stereocenters. The Balaban J connectivity index is 1.95. The third-order valence-electron chi connectivity index (χ3n) is 4.28. The van der Waals surface area contributed by atoms with Gasteiger partial charge in [0.2, 0.25) is 0 Å². The minimum absolute atomic E-state index is 0.116. The van der Waals surface area contributed by atoms with E-state index in [0.29, 0.717) is 27.1 Å². The van der Waals surface area contributed by atoms with Gasteiger partial charge in [-0.3, -0.25) is 0 Å². The van der Waals surface area contributed by atoms with Crippen molar-refractivity contribution < 1.29 is 9.84 Å². The highest BCUT2D eigenvalue weighted by Crippen LogP contribution is 2.38. The van der Waals surface area contributed by atoms with E-state index >= 15 is 0 Å². The lowest BCUT2D eigenvalue weighted by molar-refractivity contribution is -0.0295. The molecule has 0 spiro atoms. The molecule has 1 unspecified atom stereocenters. The number of aliphatic hydroxyl groups is 1. The molecule has 26 heavy (non-hydrogen) atoms. The molecule has 1 aromatic heterocycles. The summed E-state index contributed by atoms with van der Waals surface area (Å²) in [6.07, 6.45) is 3.00. The Hall–Kier alpha value is -2.08. The van der Waals surface area contributed by atoms with Crippen molar-refractivity contribution in [3.63, 3.8) is 0 Å². The topological polar surface area (TPSA) is 60.2 Å². The van der Waals surface area contributed by atoms with Crippen LogP contribution in [0, 0.1) is 5.92 Å². The summed E-state index contributed by atoms with van der Waals surface area (Å²) in [5, 5.41) is 16.6. The highest BCUT2D eigenvalue weighted by molar-refractivity contribution is 6.31. The van der Waals surface area contributed by atoms with Crippen LogP contribution in [-0.4, -0.2) is 19.9 Å². The normalized spacial score (nSPS) is 13.6. The molecule has 0 bridgehead atoms. The number of ether oxygens (including phenoxy) is 1. The van der Waals surface area contributed by atoms with Crippen LogP contribution in [0.1, 0.15) is 19.4 Å². The minimum atomic E-state index is -1.23. The third-order valence-corrected chi connectivity index (χ3v) is 4.86. The third kappa shape index (κ3) is 4.01. The number of halogens is 2. The smallest absolute Gasteiger partial charge is 0.137 e. The average Bonchev–Trinajstić information content (AvgIpc) is 3.11. The molecule has 7 heteroatoms. The van der Waals surface area contributed by atoms with E-state index in [2.05, 4.69) is 10.1 Å². The number of benzene rings is 2. The van der Waals surface area contributed by atoms with E-state index in [4.69, 9.17) is 27.9 Å². The van der Waals surface area contributed by atoms with E-state index in [9.17, 15) is 5.11 Å². The molecule has 1 N–H and O–H groups in total. The van der Waals surface area contributed by atoms with Gasteiger partial charge in [0.15, 0.2) is 0 Å². The molecule has 5 nitrogen and oxygen atoms in total. The molecule has 3 rings (SSSR count). The highest BCUT2D eigenvalue weighted by atomic mass is 35.5. The second-order valence-electron chi connectivity index (χ2n) is 6.37. The van der Waals surface area contributed by atoms with Crippen LogP contribution in [0.5, 0.6) is 11.5 Å². The Labute approximate surface area is 162 Å². The highest BCUT2D eigenvalue weighted by Gasteiger charge is 2.36. The predicted molar refractivity (Wildman–Crippen MR) is 102 cm³/mol. The first-order valence-corrected chi connectivity index (χ1v) is 8.92. The molecule has 0 saturated carbocycles. The van der Waals surface area contributed by atoms with E-state index in [-0.39, 0.29) is 12.5 Å². The molecule has 0 aliphatic carbocycles. The fourth-order valence-corrected chi connectivity index (χ4v) is 3.09. The van der Waals surface area contributed by atoms with Crippen molar-refractivity contribution in [2.45, 2.75) is 26.0 Å². The zero-order valence-electron chi connectivity index (χ0n) is 14.4. The monoisotopic (exact) mass is 391 g/mol. The maximum Gasteiger partial charge on any atom is 0.137 e. The number of rotatable bonds is 6. The summed E-state index contributed by atoms with van der Waals surface area (Å²) in [6, 6.07) is 12.3. The van der Waals surface area contributed by atoms with Crippen LogP contribution in [0.4, 0.5) is 0 Å². The van der Waals surface area contributed by atoms with Gasteiger partial charge < -0.3 is 9.84 Å². The Morgan fingerprint density at radius 3 is 2.42 bits per heavy atom. The van der Waals surface area contributed by atoms with Crippen molar-refractivity contribution in [1.82, 2.24) is 14.8 Å². The summed E-state index contributed by atoms with van der Waals surface area (Å²) >= 11 is 12.3. The van der Waals surface area contributed by atoms with Crippen molar-refractivity contribution in [1.29, 1.82) is 0 Å². The molecule has 1 heterocycles. The molecule has 2 aromatic carbocycles. The molecule has 0 aliphatic heterocycles. The van der Waals surface area contributed by atoms with Crippen LogP contribution in [-0.2, 0) is 12.1 Å². The molecule has 0 aliphatic rings. The van der Waals surface area contributed by atoms with Crippen LogP contribution in [0.3, 0.4) is 0 Å². The predicted octanol–water partition coefficient (Wildman–Crippen LogP) is 4.92. The molecule has 0 fully saturated rings. The van der Waals surface area contributed by atoms with Gasteiger partial charge in [0, 0.05) is 15.6 Å². The second-order valence-corrected chi connectivity index (χ2v) is 7.21. The van der Waals surface area contributed by atoms with Crippen molar-refractivity contribution in [2.24, 2.45) is 5.92 Å². The van der Waals surface area contributed by atoms with Gasteiger partial charge in [-0.1, -0.05) is 37.0 Å². The zero-order chi connectivity index (χ0) is 18.7. The maximum absolute atomic E-state index is 11.4. The van der Waals surface area contributed by atoms with Crippen molar-refractivity contribution in [3.05, 3.63) is 70.7 Å². The van der Waals surface area contributed by atoms with Gasteiger partial charge >= 0.3 is 0 Å². The first kappa shape index (κ1) is 18.7. The first-order chi connectivity index (χ1) is 12.4. The van der Waals surface area contributed by atoms with E-state index in [1.165, 1.54) is 6.33 Å². The Morgan fingerprint density at radius 1 is 1.12 bits per heavy atom. The quantitative estimate of drug-likeness (QED) is 0.647. The summed E-state index contributed by atoms with van der Waals surface area (Å²) in [4.78, 5) is 3.93.